The van der Waals surface area contributed by atoms with Gasteiger partial charge in [0, 0.05) is 12.6 Å². The summed E-state index contributed by atoms with van der Waals surface area (Å²) in [5.74, 6) is 0.390. The smallest absolute Gasteiger partial charge is 0.244 e. The molecule has 0 bridgehead atoms. The van der Waals surface area contributed by atoms with Gasteiger partial charge in [-0.1, -0.05) is 27.7 Å². The molecule has 1 rings (SSSR count). The van der Waals surface area contributed by atoms with Gasteiger partial charge in [-0.15, -0.1) is 0 Å². The van der Waals surface area contributed by atoms with E-state index in [1.165, 1.54) is 6.07 Å². The summed E-state index contributed by atoms with van der Waals surface area (Å²) < 4.78 is 32.0. The maximum absolute atomic E-state index is 12.1. The van der Waals surface area contributed by atoms with Gasteiger partial charge in [0.05, 0.1) is 0 Å². The average molecular weight is 354 g/mol. The third kappa shape index (κ3) is 4.30. The van der Waals surface area contributed by atoms with Gasteiger partial charge in [-0.25, -0.2) is 13.1 Å². The number of aliphatic hydroxyl groups is 1. The molecule has 0 saturated carbocycles. The highest BCUT2D eigenvalue weighted by molar-refractivity contribution is 9.10. The van der Waals surface area contributed by atoms with Crippen LogP contribution in [0.4, 0.5) is 0 Å². The monoisotopic (exact) mass is 353 g/mol. The van der Waals surface area contributed by atoms with Gasteiger partial charge in [-0.2, -0.15) is 0 Å². The Bertz CT molecular complexity index is 530. The van der Waals surface area contributed by atoms with Gasteiger partial charge in [-0.05, 0) is 27.3 Å². The van der Waals surface area contributed by atoms with Crippen LogP contribution in [0.3, 0.4) is 0 Å². The van der Waals surface area contributed by atoms with Crippen molar-refractivity contribution in [3.63, 3.8) is 0 Å². The predicted molar refractivity (Wildman–Crippen MR) is 76.1 cm³/mol. The molecule has 0 aliphatic heterocycles. The minimum absolute atomic E-state index is 0.0117. The standard InChI is InChI=1S/C12H20BrNO4S/c1-8(12(2,3)4)6-14-19(16,17)10-5-9(7-15)18-11(10)13/h5,8,14-15H,6-7H2,1-4H3. The van der Waals surface area contributed by atoms with Gasteiger partial charge in [0.2, 0.25) is 10.0 Å². The first-order valence-electron chi connectivity index (χ1n) is 5.96. The Morgan fingerprint density at radius 3 is 2.47 bits per heavy atom. The van der Waals surface area contributed by atoms with Crippen LogP contribution in [0.15, 0.2) is 20.0 Å². The average Bonchev–Trinajstić information content (AvgIpc) is 2.67. The van der Waals surface area contributed by atoms with Gasteiger partial charge in [-0.3, -0.25) is 0 Å². The van der Waals surface area contributed by atoms with Crippen LogP contribution >= 0.6 is 15.9 Å². The molecule has 1 atom stereocenters. The van der Waals surface area contributed by atoms with E-state index in [4.69, 9.17) is 9.52 Å². The van der Waals surface area contributed by atoms with E-state index in [-0.39, 0.29) is 33.3 Å². The molecule has 0 aliphatic rings. The summed E-state index contributed by atoms with van der Waals surface area (Å²) >= 11 is 3.04. The van der Waals surface area contributed by atoms with Crippen LogP contribution in [-0.4, -0.2) is 20.1 Å². The first kappa shape index (κ1) is 16.7. The Balaban J connectivity index is 2.84. The summed E-state index contributed by atoms with van der Waals surface area (Å²) in [6, 6.07) is 1.31. The van der Waals surface area contributed by atoms with E-state index in [0.29, 0.717) is 6.54 Å². The highest BCUT2D eigenvalue weighted by atomic mass is 79.9. The Labute approximate surface area is 122 Å². The van der Waals surface area contributed by atoms with Crippen molar-refractivity contribution in [2.75, 3.05) is 6.54 Å². The molecule has 0 saturated heterocycles. The molecule has 1 unspecified atom stereocenters. The third-order valence-corrected chi connectivity index (χ3v) is 5.49. The molecule has 5 nitrogen and oxygen atoms in total. The van der Waals surface area contributed by atoms with Crippen LogP contribution in [-0.2, 0) is 16.6 Å². The second-order valence-corrected chi connectivity index (χ2v) is 8.08. The number of hydrogen-bond acceptors (Lipinski definition) is 4. The van der Waals surface area contributed by atoms with E-state index < -0.39 is 10.0 Å². The molecule has 7 heteroatoms. The summed E-state index contributed by atoms with van der Waals surface area (Å²) in [5, 5.41) is 8.94. The van der Waals surface area contributed by atoms with Crippen molar-refractivity contribution in [3.05, 3.63) is 16.5 Å². The zero-order chi connectivity index (χ0) is 14.8. The first-order chi connectivity index (χ1) is 8.58. The lowest BCUT2D eigenvalue weighted by molar-refractivity contribution is 0.245. The fourth-order valence-corrected chi connectivity index (χ4v) is 3.40. The van der Waals surface area contributed by atoms with Crippen molar-refractivity contribution in [2.24, 2.45) is 11.3 Å². The van der Waals surface area contributed by atoms with Gasteiger partial charge in [0.1, 0.15) is 17.3 Å². The maximum Gasteiger partial charge on any atom is 0.244 e. The fourth-order valence-electron chi connectivity index (χ4n) is 1.28. The van der Waals surface area contributed by atoms with E-state index in [2.05, 4.69) is 41.4 Å². The third-order valence-electron chi connectivity index (χ3n) is 3.21. The molecular weight excluding hydrogens is 334 g/mol. The van der Waals surface area contributed by atoms with Gasteiger partial charge < -0.3 is 9.52 Å². The molecule has 2 N–H and O–H groups in total. The Morgan fingerprint density at radius 1 is 1.47 bits per heavy atom. The lowest BCUT2D eigenvalue weighted by Gasteiger charge is -2.27. The Hall–Kier alpha value is -0.370. The van der Waals surface area contributed by atoms with Crippen molar-refractivity contribution in [3.8, 4) is 0 Å². The van der Waals surface area contributed by atoms with Gasteiger partial charge >= 0.3 is 0 Å². The molecule has 1 aromatic rings. The molecule has 0 spiro atoms. The number of sulfonamides is 1. The van der Waals surface area contributed by atoms with E-state index >= 15 is 0 Å². The van der Waals surface area contributed by atoms with Gasteiger partial charge in [0.15, 0.2) is 4.67 Å². The number of furan rings is 1. The molecular formula is C12H20BrNO4S. The summed E-state index contributed by atoms with van der Waals surface area (Å²) in [6.45, 7) is 8.17. The lowest BCUT2D eigenvalue weighted by Crippen LogP contribution is -2.33. The number of rotatable bonds is 5. The van der Waals surface area contributed by atoms with Crippen molar-refractivity contribution >= 4 is 26.0 Å². The SMILES string of the molecule is CC(CNS(=O)(=O)c1cc(CO)oc1Br)C(C)(C)C. The Morgan fingerprint density at radius 2 is 2.05 bits per heavy atom. The Kier molecular flexibility index (Phi) is 5.22. The maximum atomic E-state index is 12.1. The lowest BCUT2D eigenvalue weighted by atomic mass is 9.82. The van der Waals surface area contributed by atoms with E-state index in [1.807, 2.05) is 6.92 Å². The van der Waals surface area contributed by atoms with Crippen molar-refractivity contribution in [1.82, 2.24) is 4.72 Å². The number of hydrogen-bond donors (Lipinski definition) is 2. The molecule has 0 aromatic carbocycles. The molecule has 0 fully saturated rings. The largest absolute Gasteiger partial charge is 0.450 e. The molecule has 1 aromatic heterocycles. The fraction of sp³-hybridized carbons (Fsp3) is 0.667. The first-order valence-corrected chi connectivity index (χ1v) is 8.24. The zero-order valence-electron chi connectivity index (χ0n) is 11.5. The second-order valence-electron chi connectivity index (χ2n) is 5.63. The number of aliphatic hydroxyl groups excluding tert-OH is 1. The highest BCUT2D eigenvalue weighted by Gasteiger charge is 2.25. The topological polar surface area (TPSA) is 79.5 Å². The minimum atomic E-state index is -3.64. The van der Waals surface area contributed by atoms with E-state index in [9.17, 15) is 8.42 Å². The normalized spacial score (nSPS) is 14.6. The van der Waals surface area contributed by atoms with Crippen molar-refractivity contribution < 1.29 is 17.9 Å². The quantitative estimate of drug-likeness (QED) is 0.852. The zero-order valence-corrected chi connectivity index (χ0v) is 13.9. The number of halogens is 1. The summed E-state index contributed by atoms with van der Waals surface area (Å²) in [7, 11) is -3.64. The highest BCUT2D eigenvalue weighted by Crippen LogP contribution is 2.28. The van der Waals surface area contributed by atoms with Crippen LogP contribution in [0.2, 0.25) is 0 Å². The van der Waals surface area contributed by atoms with Crippen LogP contribution < -0.4 is 4.72 Å². The van der Waals surface area contributed by atoms with Crippen molar-refractivity contribution in [2.45, 2.75) is 39.2 Å². The molecule has 110 valence electrons. The molecule has 0 amide bonds. The summed E-state index contributed by atoms with van der Waals surface area (Å²) in [4.78, 5) is 0.0117. The van der Waals surface area contributed by atoms with E-state index in [1.54, 1.807) is 0 Å². The summed E-state index contributed by atoms with van der Waals surface area (Å²) in [6.07, 6.45) is 0. The minimum Gasteiger partial charge on any atom is -0.450 e. The van der Waals surface area contributed by atoms with Crippen LogP contribution in [0.5, 0.6) is 0 Å². The predicted octanol–water partition coefficient (Wildman–Crippen LogP) is 2.49. The van der Waals surface area contributed by atoms with Crippen LogP contribution in [0.1, 0.15) is 33.5 Å². The molecule has 0 radical (unpaired) electrons. The van der Waals surface area contributed by atoms with Crippen LogP contribution in [0.25, 0.3) is 0 Å². The van der Waals surface area contributed by atoms with E-state index in [0.717, 1.165) is 0 Å². The molecule has 1 heterocycles. The number of nitrogens with one attached hydrogen (secondary N) is 1. The molecule has 0 aliphatic carbocycles. The van der Waals surface area contributed by atoms with Gasteiger partial charge in [0.25, 0.3) is 0 Å². The van der Waals surface area contributed by atoms with Crippen molar-refractivity contribution in [1.29, 1.82) is 0 Å². The van der Waals surface area contributed by atoms with Crippen LogP contribution in [0, 0.1) is 11.3 Å². The summed E-state index contributed by atoms with van der Waals surface area (Å²) in [5.41, 5.74) is 0.0202. The second kappa shape index (κ2) is 5.95. The molecule has 19 heavy (non-hydrogen) atoms.